The molecule has 0 unspecified atom stereocenters. The molecule has 1 aromatic heterocycles. The van der Waals surface area contributed by atoms with E-state index in [-0.39, 0.29) is 5.91 Å². The summed E-state index contributed by atoms with van der Waals surface area (Å²) >= 11 is 6.99. The number of hydrogen-bond donors (Lipinski definition) is 2. The summed E-state index contributed by atoms with van der Waals surface area (Å²) < 4.78 is 2.65. The SMILES string of the molecule is Cc1cccc(Nc2nn(CN3CCN(CC(=O)NC4CC4)CC3)c(=S)s2)c1. The van der Waals surface area contributed by atoms with Crippen LogP contribution in [0.2, 0.25) is 0 Å². The van der Waals surface area contributed by atoms with E-state index in [1.54, 1.807) is 0 Å². The first kappa shape index (κ1) is 19.5. The van der Waals surface area contributed by atoms with Crippen molar-refractivity contribution in [3.63, 3.8) is 0 Å². The van der Waals surface area contributed by atoms with Crippen molar-refractivity contribution in [1.82, 2.24) is 24.9 Å². The van der Waals surface area contributed by atoms with Crippen LogP contribution in [0.3, 0.4) is 0 Å². The summed E-state index contributed by atoms with van der Waals surface area (Å²) in [7, 11) is 0. The van der Waals surface area contributed by atoms with Gasteiger partial charge in [-0.25, -0.2) is 4.68 Å². The number of piperazine rings is 1. The Balaban J connectivity index is 1.27. The summed E-state index contributed by atoms with van der Waals surface area (Å²) in [5.41, 5.74) is 2.23. The zero-order valence-corrected chi connectivity index (χ0v) is 17.7. The number of nitrogens with zero attached hydrogens (tertiary/aromatic N) is 4. The minimum Gasteiger partial charge on any atom is -0.352 e. The molecule has 0 atom stereocenters. The molecule has 2 aromatic rings. The summed E-state index contributed by atoms with van der Waals surface area (Å²) in [6, 6.07) is 8.65. The van der Waals surface area contributed by atoms with Crippen LogP contribution in [-0.4, -0.2) is 64.3 Å². The van der Waals surface area contributed by atoms with Gasteiger partial charge in [0, 0.05) is 37.9 Å². The highest BCUT2D eigenvalue weighted by Crippen LogP contribution is 2.21. The molecule has 2 N–H and O–H groups in total. The quantitative estimate of drug-likeness (QED) is 0.674. The average Bonchev–Trinajstić information content (AvgIpc) is 3.40. The zero-order valence-electron chi connectivity index (χ0n) is 16.1. The van der Waals surface area contributed by atoms with E-state index >= 15 is 0 Å². The minimum absolute atomic E-state index is 0.157. The normalized spacial score (nSPS) is 18.2. The third-order valence-corrected chi connectivity index (χ3v) is 6.21. The number of benzene rings is 1. The van der Waals surface area contributed by atoms with E-state index in [0.717, 1.165) is 53.8 Å². The van der Waals surface area contributed by atoms with Gasteiger partial charge in [-0.05, 0) is 49.7 Å². The highest BCUT2D eigenvalue weighted by atomic mass is 32.1. The van der Waals surface area contributed by atoms with Gasteiger partial charge < -0.3 is 10.6 Å². The predicted molar refractivity (Wildman–Crippen MR) is 115 cm³/mol. The van der Waals surface area contributed by atoms with Gasteiger partial charge in [0.15, 0.2) is 3.95 Å². The van der Waals surface area contributed by atoms with Crippen molar-refractivity contribution in [2.45, 2.75) is 32.5 Å². The minimum atomic E-state index is 0.157. The zero-order chi connectivity index (χ0) is 19.5. The van der Waals surface area contributed by atoms with E-state index in [0.29, 0.717) is 19.3 Å². The van der Waals surface area contributed by atoms with E-state index in [1.165, 1.54) is 16.9 Å². The first-order valence-electron chi connectivity index (χ1n) is 9.71. The number of nitrogens with one attached hydrogen (secondary N) is 2. The maximum absolute atomic E-state index is 12.0. The molecule has 1 aromatic carbocycles. The van der Waals surface area contributed by atoms with Crippen molar-refractivity contribution >= 4 is 40.3 Å². The fourth-order valence-electron chi connectivity index (χ4n) is 3.27. The average molecular weight is 419 g/mol. The van der Waals surface area contributed by atoms with Crippen LogP contribution in [0.5, 0.6) is 0 Å². The number of anilines is 2. The molecule has 28 heavy (non-hydrogen) atoms. The molecule has 2 fully saturated rings. The van der Waals surface area contributed by atoms with Gasteiger partial charge in [0.2, 0.25) is 11.0 Å². The van der Waals surface area contributed by atoms with Crippen LogP contribution in [0.4, 0.5) is 10.8 Å². The van der Waals surface area contributed by atoms with Gasteiger partial charge in [-0.15, -0.1) is 5.10 Å². The van der Waals surface area contributed by atoms with E-state index in [9.17, 15) is 4.79 Å². The number of hydrogen-bond acceptors (Lipinski definition) is 7. The molecule has 2 aliphatic rings. The first-order chi connectivity index (χ1) is 13.5. The van der Waals surface area contributed by atoms with Gasteiger partial charge in [0.05, 0.1) is 13.2 Å². The number of aryl methyl sites for hydroxylation is 1. The fourth-order valence-corrected chi connectivity index (χ4v) is 4.29. The van der Waals surface area contributed by atoms with Crippen LogP contribution in [0, 0.1) is 10.9 Å². The highest BCUT2D eigenvalue weighted by Gasteiger charge is 2.25. The molecule has 7 nitrogen and oxygen atoms in total. The molecule has 1 saturated heterocycles. The Kier molecular flexibility index (Phi) is 6.05. The Morgan fingerprint density at radius 3 is 2.71 bits per heavy atom. The molecule has 150 valence electrons. The van der Waals surface area contributed by atoms with E-state index < -0.39 is 0 Å². The van der Waals surface area contributed by atoms with E-state index in [1.807, 2.05) is 16.8 Å². The number of carbonyl (C=O) groups is 1. The third kappa shape index (κ3) is 5.38. The predicted octanol–water partition coefficient (Wildman–Crippen LogP) is 2.58. The molecular weight excluding hydrogens is 392 g/mol. The highest BCUT2D eigenvalue weighted by molar-refractivity contribution is 7.73. The largest absolute Gasteiger partial charge is 0.352 e. The molecule has 2 heterocycles. The Bertz CT molecular complexity index is 883. The standard InChI is InChI=1S/C19H26N6OS2/c1-14-3-2-4-16(11-14)21-18-22-25(19(27)28-18)13-24-9-7-23(8-10-24)12-17(26)20-15-5-6-15/h2-4,11,15H,5-10,12-13H2,1H3,(H,20,26)(H,21,22). The van der Waals surface area contributed by atoms with Crippen LogP contribution in [0.25, 0.3) is 0 Å². The summed E-state index contributed by atoms with van der Waals surface area (Å²) in [5, 5.41) is 11.8. The van der Waals surface area contributed by atoms with Crippen molar-refractivity contribution in [3.8, 4) is 0 Å². The number of amides is 1. The van der Waals surface area contributed by atoms with Crippen molar-refractivity contribution in [2.75, 3.05) is 38.0 Å². The Labute approximate surface area is 174 Å². The van der Waals surface area contributed by atoms with Crippen LogP contribution < -0.4 is 10.6 Å². The lowest BCUT2D eigenvalue weighted by Gasteiger charge is -2.33. The summed E-state index contributed by atoms with van der Waals surface area (Å²) in [4.78, 5) is 16.5. The lowest BCUT2D eigenvalue weighted by atomic mass is 10.2. The second-order valence-electron chi connectivity index (χ2n) is 7.54. The maximum atomic E-state index is 12.0. The fraction of sp³-hybridized carbons (Fsp3) is 0.526. The maximum Gasteiger partial charge on any atom is 0.234 e. The van der Waals surface area contributed by atoms with E-state index in [4.69, 9.17) is 12.2 Å². The first-order valence-corrected chi connectivity index (χ1v) is 10.9. The van der Waals surface area contributed by atoms with Gasteiger partial charge >= 0.3 is 0 Å². The van der Waals surface area contributed by atoms with Crippen LogP contribution in [-0.2, 0) is 11.5 Å². The van der Waals surface area contributed by atoms with Crippen LogP contribution >= 0.6 is 23.6 Å². The molecule has 1 saturated carbocycles. The third-order valence-electron chi connectivity index (χ3n) is 4.98. The monoisotopic (exact) mass is 418 g/mol. The molecule has 9 heteroatoms. The van der Waals surface area contributed by atoms with Crippen LogP contribution in [0.1, 0.15) is 18.4 Å². The van der Waals surface area contributed by atoms with Gasteiger partial charge in [-0.1, -0.05) is 23.5 Å². The van der Waals surface area contributed by atoms with Crippen molar-refractivity contribution < 1.29 is 4.79 Å². The molecular formula is C19H26N6OS2. The Morgan fingerprint density at radius 2 is 2.00 bits per heavy atom. The van der Waals surface area contributed by atoms with Gasteiger partial charge in [0.25, 0.3) is 0 Å². The van der Waals surface area contributed by atoms with Gasteiger partial charge in [-0.2, -0.15) is 0 Å². The smallest absolute Gasteiger partial charge is 0.234 e. The van der Waals surface area contributed by atoms with E-state index in [2.05, 4.69) is 44.6 Å². The Hall–Kier alpha value is -1.81. The molecule has 0 radical (unpaired) electrons. The number of rotatable bonds is 7. The summed E-state index contributed by atoms with van der Waals surface area (Å²) in [6.07, 6.45) is 2.27. The molecule has 1 amide bonds. The molecule has 1 aliphatic carbocycles. The lowest BCUT2D eigenvalue weighted by Crippen LogP contribution is -2.49. The van der Waals surface area contributed by atoms with Crippen LogP contribution in [0.15, 0.2) is 24.3 Å². The number of aromatic nitrogens is 2. The Morgan fingerprint density at radius 1 is 1.25 bits per heavy atom. The molecule has 4 rings (SSSR count). The van der Waals surface area contributed by atoms with Crippen molar-refractivity contribution in [2.24, 2.45) is 0 Å². The molecule has 0 bridgehead atoms. The molecule has 1 aliphatic heterocycles. The summed E-state index contributed by atoms with van der Waals surface area (Å²) in [5.74, 6) is 0.157. The van der Waals surface area contributed by atoms with Gasteiger partial charge in [0.1, 0.15) is 0 Å². The second-order valence-corrected chi connectivity index (χ2v) is 9.17. The topological polar surface area (TPSA) is 65.4 Å². The number of carbonyl (C=O) groups excluding carboxylic acids is 1. The summed E-state index contributed by atoms with van der Waals surface area (Å²) in [6.45, 7) is 6.88. The lowest BCUT2D eigenvalue weighted by molar-refractivity contribution is -0.122. The molecule has 0 spiro atoms. The van der Waals surface area contributed by atoms with Gasteiger partial charge in [-0.3, -0.25) is 14.6 Å². The van der Waals surface area contributed by atoms with Crippen molar-refractivity contribution in [1.29, 1.82) is 0 Å². The second kappa shape index (κ2) is 8.69. The van der Waals surface area contributed by atoms with Crippen molar-refractivity contribution in [3.05, 3.63) is 33.8 Å².